The minimum absolute atomic E-state index is 0.227. The van der Waals surface area contributed by atoms with Gasteiger partial charge in [-0.05, 0) is 36.1 Å². The molecule has 0 unspecified atom stereocenters. The zero-order valence-corrected chi connectivity index (χ0v) is 17.6. The van der Waals surface area contributed by atoms with E-state index in [0.717, 1.165) is 34.7 Å². The van der Waals surface area contributed by atoms with Crippen LogP contribution in [0.2, 0.25) is 0 Å². The second kappa shape index (κ2) is 8.00. The van der Waals surface area contributed by atoms with Gasteiger partial charge >= 0.3 is 0 Å². The highest BCUT2D eigenvalue weighted by Crippen LogP contribution is 2.58. The molecule has 4 rings (SSSR count). The summed E-state index contributed by atoms with van der Waals surface area (Å²) in [6.45, 7) is 0. The van der Waals surface area contributed by atoms with Gasteiger partial charge in [-0.3, -0.25) is 10.1 Å². The highest BCUT2D eigenvalue weighted by Gasteiger charge is 2.63. The number of fused-ring (bicyclic) bond motifs is 1. The lowest BCUT2D eigenvalue weighted by atomic mass is 9.51. The molecular weight excluding hydrogens is 434 g/mol. The van der Waals surface area contributed by atoms with Gasteiger partial charge < -0.3 is 9.90 Å². The summed E-state index contributed by atoms with van der Waals surface area (Å²) < 4.78 is 0.902. The van der Waals surface area contributed by atoms with Gasteiger partial charge in [0.2, 0.25) is 6.04 Å². The van der Waals surface area contributed by atoms with Crippen molar-refractivity contribution in [2.45, 2.75) is 49.2 Å². The first kappa shape index (κ1) is 20.2. The van der Waals surface area contributed by atoms with Crippen LogP contribution < -0.4 is 0 Å². The van der Waals surface area contributed by atoms with E-state index in [4.69, 9.17) is 0 Å². The topological polar surface area (TPSA) is 80.4 Å². The summed E-state index contributed by atoms with van der Waals surface area (Å²) in [5.41, 5.74) is 0.362. The van der Waals surface area contributed by atoms with E-state index in [-0.39, 0.29) is 10.8 Å². The molecule has 5 nitrogen and oxygen atoms in total. The molecule has 2 saturated carbocycles. The molecule has 0 amide bonds. The van der Waals surface area contributed by atoms with Crippen molar-refractivity contribution < 1.29 is 14.8 Å². The lowest BCUT2D eigenvalue weighted by molar-refractivity contribution is -0.541. The molecule has 1 N–H and O–H groups in total. The number of aliphatic hydroxyl groups is 1. The second-order valence-corrected chi connectivity index (χ2v) is 9.21. The quantitative estimate of drug-likeness (QED) is 0.409. The molecule has 0 bridgehead atoms. The van der Waals surface area contributed by atoms with Crippen molar-refractivity contribution in [1.82, 2.24) is 0 Å². The number of carbonyl (C=O) groups excluding carboxylic acids is 1. The normalized spacial score (nSPS) is 34.2. The zero-order valence-electron chi connectivity index (χ0n) is 16.0. The molecule has 29 heavy (non-hydrogen) atoms. The first-order valence-corrected chi connectivity index (χ1v) is 10.9. The molecule has 0 heterocycles. The molecule has 2 aliphatic carbocycles. The van der Waals surface area contributed by atoms with Crippen LogP contribution in [0.15, 0.2) is 59.1 Å². The SMILES string of the molecule is O=C[C@@H]1[C@@H](c2ccccc2)[C@@H]([N+](=O)[O-])[C@@H](c2ccc(Br)cc2)[C@@H]2CCCC[C@@]12O. The standard InChI is InChI=1S/C23H24BrNO4/c24-17-11-9-16(10-12-17)20-18-8-4-5-13-23(18,27)19(14-26)21(22(20)25(28)29)15-6-2-1-3-7-15/h1-3,6-7,9-12,14,18-22,27H,4-5,8,13H2/t18-,19+,20-,21+,22-,23-/m0/s1. The first-order chi connectivity index (χ1) is 14.0. The van der Waals surface area contributed by atoms with Crippen LogP contribution in [0.25, 0.3) is 0 Å². The molecule has 2 aromatic rings. The fourth-order valence-corrected chi connectivity index (χ4v) is 6.02. The number of benzene rings is 2. The Balaban J connectivity index is 1.93. The average molecular weight is 458 g/mol. The van der Waals surface area contributed by atoms with E-state index >= 15 is 0 Å². The van der Waals surface area contributed by atoms with Gasteiger partial charge in [-0.15, -0.1) is 0 Å². The van der Waals surface area contributed by atoms with Crippen LogP contribution in [0, 0.1) is 22.0 Å². The van der Waals surface area contributed by atoms with Crippen molar-refractivity contribution in [2.75, 3.05) is 0 Å². The Labute approximate surface area is 178 Å². The van der Waals surface area contributed by atoms with E-state index in [2.05, 4.69) is 15.9 Å². The third-order valence-electron chi connectivity index (χ3n) is 6.95. The van der Waals surface area contributed by atoms with E-state index in [1.807, 2.05) is 54.6 Å². The van der Waals surface area contributed by atoms with Crippen molar-refractivity contribution in [3.63, 3.8) is 0 Å². The summed E-state index contributed by atoms with van der Waals surface area (Å²) in [7, 11) is 0. The Morgan fingerprint density at radius 1 is 1.03 bits per heavy atom. The van der Waals surface area contributed by atoms with Gasteiger partial charge in [0.1, 0.15) is 6.29 Å². The highest BCUT2D eigenvalue weighted by atomic mass is 79.9. The van der Waals surface area contributed by atoms with Crippen LogP contribution in [0.4, 0.5) is 0 Å². The number of nitrogens with zero attached hydrogens (tertiary/aromatic N) is 1. The minimum Gasteiger partial charge on any atom is -0.389 e. The maximum atomic E-state index is 12.4. The number of hydrogen-bond acceptors (Lipinski definition) is 4. The maximum Gasteiger partial charge on any atom is 0.227 e. The Hall–Kier alpha value is -2.05. The van der Waals surface area contributed by atoms with Gasteiger partial charge in [-0.25, -0.2) is 0 Å². The Bertz CT molecular complexity index is 888. The third-order valence-corrected chi connectivity index (χ3v) is 7.48. The summed E-state index contributed by atoms with van der Waals surface area (Å²) in [5, 5.41) is 24.2. The van der Waals surface area contributed by atoms with Crippen LogP contribution in [0.5, 0.6) is 0 Å². The summed E-state index contributed by atoms with van der Waals surface area (Å²) in [5.74, 6) is -2.23. The van der Waals surface area contributed by atoms with Crippen molar-refractivity contribution in [3.05, 3.63) is 80.3 Å². The summed E-state index contributed by atoms with van der Waals surface area (Å²) in [4.78, 5) is 24.5. The Kier molecular flexibility index (Phi) is 5.58. The summed E-state index contributed by atoms with van der Waals surface area (Å²) in [6.07, 6.45) is 3.70. The molecule has 0 radical (unpaired) electrons. The first-order valence-electron chi connectivity index (χ1n) is 10.1. The molecule has 0 saturated heterocycles. The second-order valence-electron chi connectivity index (χ2n) is 8.30. The fraction of sp³-hybridized carbons (Fsp3) is 0.435. The van der Waals surface area contributed by atoms with E-state index in [1.165, 1.54) is 0 Å². The van der Waals surface area contributed by atoms with Crippen LogP contribution in [0.3, 0.4) is 0 Å². The zero-order chi connectivity index (χ0) is 20.6. The monoisotopic (exact) mass is 457 g/mol. The van der Waals surface area contributed by atoms with Gasteiger partial charge in [0.15, 0.2) is 0 Å². The summed E-state index contributed by atoms with van der Waals surface area (Å²) in [6, 6.07) is 15.8. The number of rotatable bonds is 4. The Morgan fingerprint density at radius 3 is 2.31 bits per heavy atom. The van der Waals surface area contributed by atoms with Crippen molar-refractivity contribution in [1.29, 1.82) is 0 Å². The number of nitro groups is 1. The smallest absolute Gasteiger partial charge is 0.227 e. The van der Waals surface area contributed by atoms with Gasteiger partial charge in [-0.1, -0.05) is 71.2 Å². The van der Waals surface area contributed by atoms with E-state index in [9.17, 15) is 20.0 Å². The maximum absolute atomic E-state index is 12.4. The van der Waals surface area contributed by atoms with Gasteiger partial charge in [-0.2, -0.15) is 0 Å². The molecular formula is C23H24BrNO4. The molecule has 6 heteroatoms. The van der Waals surface area contributed by atoms with Gasteiger partial charge in [0.25, 0.3) is 0 Å². The molecule has 0 aliphatic heterocycles. The van der Waals surface area contributed by atoms with Gasteiger partial charge in [0.05, 0.1) is 23.4 Å². The largest absolute Gasteiger partial charge is 0.389 e. The van der Waals surface area contributed by atoms with Crippen LogP contribution in [-0.4, -0.2) is 28.0 Å². The summed E-state index contributed by atoms with van der Waals surface area (Å²) >= 11 is 3.43. The number of hydrogen-bond donors (Lipinski definition) is 1. The van der Waals surface area contributed by atoms with E-state index in [1.54, 1.807) is 0 Å². The van der Waals surface area contributed by atoms with Crippen LogP contribution >= 0.6 is 15.9 Å². The molecule has 2 aliphatic rings. The average Bonchev–Trinajstić information content (AvgIpc) is 2.73. The molecule has 2 fully saturated rings. The predicted molar refractivity (Wildman–Crippen MR) is 113 cm³/mol. The highest BCUT2D eigenvalue weighted by molar-refractivity contribution is 9.10. The third kappa shape index (κ3) is 3.42. The molecule has 2 aromatic carbocycles. The lowest BCUT2D eigenvalue weighted by Crippen LogP contribution is -2.61. The van der Waals surface area contributed by atoms with Crippen LogP contribution in [0.1, 0.15) is 48.6 Å². The number of carbonyl (C=O) groups is 1. The molecule has 0 aromatic heterocycles. The van der Waals surface area contributed by atoms with E-state index < -0.39 is 29.4 Å². The van der Waals surface area contributed by atoms with Crippen molar-refractivity contribution in [2.24, 2.45) is 11.8 Å². The van der Waals surface area contributed by atoms with Gasteiger partial charge in [0, 0.05) is 15.3 Å². The number of halogens is 1. The van der Waals surface area contributed by atoms with Crippen molar-refractivity contribution >= 4 is 22.2 Å². The Morgan fingerprint density at radius 2 is 1.69 bits per heavy atom. The minimum atomic E-state index is -1.23. The fourth-order valence-electron chi connectivity index (χ4n) is 5.76. The van der Waals surface area contributed by atoms with E-state index in [0.29, 0.717) is 12.8 Å². The molecule has 0 spiro atoms. The predicted octanol–water partition coefficient (Wildman–Crippen LogP) is 4.71. The van der Waals surface area contributed by atoms with Crippen molar-refractivity contribution in [3.8, 4) is 0 Å². The van der Waals surface area contributed by atoms with Crippen LogP contribution in [-0.2, 0) is 4.79 Å². The molecule has 152 valence electrons. The number of aldehydes is 1. The molecule has 6 atom stereocenters. The lowest BCUT2D eigenvalue weighted by Gasteiger charge is -2.54.